The second-order valence-electron chi connectivity index (χ2n) is 31.4. The number of rotatable bonds is 7. The van der Waals surface area contributed by atoms with E-state index < -0.39 is 0 Å². The lowest BCUT2D eigenvalue weighted by atomic mass is 9.82. The van der Waals surface area contributed by atoms with Gasteiger partial charge in [0.05, 0.1) is 0 Å². The Morgan fingerprint density at radius 2 is 0.342 bits per heavy atom. The highest BCUT2D eigenvalue weighted by atomic mass is 79.9. The number of halogens is 1. The van der Waals surface area contributed by atoms with Gasteiger partial charge in [-0.05, 0) is 258 Å². The Morgan fingerprint density at radius 3 is 0.735 bits per heavy atom. The highest BCUT2D eigenvalue weighted by molar-refractivity contribution is 9.10. The maximum atomic E-state index is 3.81. The van der Waals surface area contributed by atoms with Crippen molar-refractivity contribution in [3.63, 3.8) is 0 Å². The molecule has 0 aliphatic heterocycles. The highest BCUT2D eigenvalue weighted by Gasteiger charge is 2.36. The molecule has 0 saturated carbocycles. The summed E-state index contributed by atoms with van der Waals surface area (Å²) in [6.07, 6.45) is 0. The topological polar surface area (TPSA) is 0 Å². The molecule has 3 aliphatic rings. The predicted octanol–water partition coefficient (Wildman–Crippen LogP) is 33.4. The van der Waals surface area contributed by atoms with Crippen LogP contribution in [0.2, 0.25) is 0 Å². The van der Waals surface area contributed by atoms with Crippen LogP contribution in [0.1, 0.15) is 0 Å². The summed E-state index contributed by atoms with van der Waals surface area (Å²) in [6, 6.07) is 154. The van der Waals surface area contributed by atoms with Gasteiger partial charge in [-0.2, -0.15) is 0 Å². The first-order valence-electron chi connectivity index (χ1n) is 40.6. The van der Waals surface area contributed by atoms with Crippen LogP contribution in [0.15, 0.2) is 423 Å². The zero-order valence-corrected chi connectivity index (χ0v) is 65.3. The van der Waals surface area contributed by atoms with Crippen LogP contribution in [0.4, 0.5) is 0 Å². The standard InChI is InChI=1S/C42H24.C42H26.C32H19Br/c1-3-11-26(12-4-1)37-30-17-7-8-18-31(30)38(27-13-5-2-6-14-27)42-35-24-22-33-29-20-10-16-25-15-9-19-28(36(25)29)32-21-23-34(41(37)42)40(35)39(32)33;1-3-14-28(15-4-1)38-34-20-9-10-21-35(34)39(29-16-5-2-6-17-29)42-37-26-25-32(33-23-12-24-36(40(33)37)41(38)42)31-22-11-18-27-13-7-8-19-30(27)31;33-27-19-18-26-30-24(27)16-9-17-25(30)31-28(20-10-3-1-4-11-20)22-14-7-8-15-23(22)29(32(26)31)21-12-5-2-6-13-21/h1-24H;1-26H;1-19H. The Balaban J connectivity index is 0.000000101. The summed E-state index contributed by atoms with van der Waals surface area (Å²) in [5, 5.41) is 26.4. The molecule has 26 rings (SSSR count). The number of fused-ring (bicyclic) bond motifs is 15. The summed E-state index contributed by atoms with van der Waals surface area (Å²) in [6.45, 7) is 0. The van der Waals surface area contributed by atoms with Crippen LogP contribution < -0.4 is 0 Å². The molecule has 0 radical (unpaired) electrons. The first-order chi connectivity index (χ1) is 58.1. The third-order valence-electron chi connectivity index (χ3n) is 25.4. The second-order valence-corrected chi connectivity index (χ2v) is 32.2. The van der Waals surface area contributed by atoms with Crippen LogP contribution in [0.5, 0.6) is 0 Å². The SMILES string of the molecule is Brc1ccc2c3c(cccc13)-c1c-2c(-c2ccccc2)c2ccccc2c1-c1ccccc1.c1ccc(-c2c3c(c(-c4ccccc4)c4ccccc24)-c2ccc(-c4cccc5ccccc45)c4cccc-3c24)cc1.c1ccc(-c2c3c(c(-c4ccccc4)c4ccccc24)-c2ccc4c5cccc6cccc(c7ccc-3c2c74)c65)cc1. The van der Waals surface area contributed by atoms with E-state index in [1.807, 2.05) is 0 Å². The lowest BCUT2D eigenvalue weighted by Gasteiger charge is -2.20. The third-order valence-corrected chi connectivity index (χ3v) is 26.1. The van der Waals surface area contributed by atoms with Crippen LogP contribution in [0, 0.1) is 0 Å². The minimum absolute atomic E-state index is 1.14. The van der Waals surface area contributed by atoms with Gasteiger partial charge in [-0.1, -0.05) is 428 Å². The molecule has 0 atom stereocenters. The van der Waals surface area contributed by atoms with Crippen LogP contribution in [-0.2, 0) is 0 Å². The maximum absolute atomic E-state index is 3.81. The first-order valence-corrected chi connectivity index (χ1v) is 41.4. The van der Waals surface area contributed by atoms with Gasteiger partial charge in [0.1, 0.15) is 0 Å². The molecule has 1 heteroatoms. The van der Waals surface area contributed by atoms with Crippen LogP contribution in [0.25, 0.3) is 252 Å². The molecule has 0 heterocycles. The van der Waals surface area contributed by atoms with Crippen LogP contribution >= 0.6 is 15.9 Å². The predicted molar refractivity (Wildman–Crippen MR) is 505 cm³/mol. The van der Waals surface area contributed by atoms with Crippen molar-refractivity contribution >= 4 is 124 Å². The Kier molecular flexibility index (Phi) is 15.3. The molecular weight excluding hydrogens is 1470 g/mol. The molecule has 0 spiro atoms. The van der Waals surface area contributed by atoms with Crippen molar-refractivity contribution in [3.05, 3.63) is 423 Å². The average Bonchev–Trinajstić information content (AvgIpc) is 1.56. The summed E-state index contributed by atoms with van der Waals surface area (Å²) in [5.41, 5.74) is 34.1. The normalized spacial score (nSPS) is 12.0. The quantitative estimate of drug-likeness (QED) is 0.110. The molecule has 117 heavy (non-hydrogen) atoms. The van der Waals surface area contributed by atoms with Gasteiger partial charge in [-0.15, -0.1) is 0 Å². The van der Waals surface area contributed by atoms with Gasteiger partial charge >= 0.3 is 0 Å². The number of hydrogen-bond donors (Lipinski definition) is 0. The lowest BCUT2D eigenvalue weighted by molar-refractivity contribution is 1.62. The molecule has 3 aliphatic carbocycles. The molecule has 0 saturated heterocycles. The molecule has 23 aromatic carbocycles. The molecule has 0 aromatic heterocycles. The Bertz CT molecular complexity index is 7710. The van der Waals surface area contributed by atoms with Crippen molar-refractivity contribution in [2.45, 2.75) is 0 Å². The summed E-state index contributed by atoms with van der Waals surface area (Å²) < 4.78 is 1.14. The van der Waals surface area contributed by atoms with Gasteiger partial charge < -0.3 is 0 Å². The van der Waals surface area contributed by atoms with Crippen molar-refractivity contribution in [3.8, 4) is 145 Å². The summed E-state index contributed by atoms with van der Waals surface area (Å²) in [4.78, 5) is 0. The van der Waals surface area contributed by atoms with Crippen molar-refractivity contribution < 1.29 is 0 Å². The molecule has 0 fully saturated rings. The highest BCUT2D eigenvalue weighted by Crippen LogP contribution is 2.63. The Hall–Kier alpha value is -14.6. The van der Waals surface area contributed by atoms with E-state index in [0.29, 0.717) is 0 Å². The van der Waals surface area contributed by atoms with Crippen molar-refractivity contribution in [2.24, 2.45) is 0 Å². The minimum Gasteiger partial charge on any atom is -0.0622 e. The second kappa shape index (κ2) is 26.8. The van der Waals surface area contributed by atoms with E-state index >= 15 is 0 Å². The monoisotopic (exact) mass is 1540 g/mol. The molecule has 0 unspecified atom stereocenters. The third kappa shape index (κ3) is 10.1. The van der Waals surface area contributed by atoms with Crippen molar-refractivity contribution in [2.75, 3.05) is 0 Å². The molecule has 23 aromatic rings. The fourth-order valence-corrected chi connectivity index (χ4v) is 21.3. The number of benzene rings is 23. The van der Waals surface area contributed by atoms with Crippen molar-refractivity contribution in [1.82, 2.24) is 0 Å². The van der Waals surface area contributed by atoms with Gasteiger partial charge in [0.25, 0.3) is 0 Å². The maximum Gasteiger partial charge on any atom is 0.0254 e. The van der Waals surface area contributed by atoms with E-state index in [9.17, 15) is 0 Å². The number of hydrogen-bond acceptors (Lipinski definition) is 0. The molecule has 0 amide bonds. The van der Waals surface area contributed by atoms with E-state index in [4.69, 9.17) is 0 Å². The van der Waals surface area contributed by atoms with Gasteiger partial charge in [0.15, 0.2) is 0 Å². The summed E-state index contributed by atoms with van der Waals surface area (Å²) in [7, 11) is 0. The molecule has 540 valence electrons. The zero-order chi connectivity index (χ0) is 76.9. The van der Waals surface area contributed by atoms with Crippen LogP contribution in [0.3, 0.4) is 0 Å². The lowest BCUT2D eigenvalue weighted by Crippen LogP contribution is -1.93. The smallest absolute Gasteiger partial charge is 0.0254 e. The van der Waals surface area contributed by atoms with Gasteiger partial charge in [-0.3, -0.25) is 0 Å². The van der Waals surface area contributed by atoms with E-state index in [0.717, 1.165) is 4.47 Å². The summed E-state index contributed by atoms with van der Waals surface area (Å²) >= 11 is 3.81. The Labute approximate surface area is 686 Å². The van der Waals surface area contributed by atoms with E-state index in [2.05, 4.69) is 435 Å². The fraction of sp³-hybridized carbons (Fsp3) is 0. The average molecular weight is 1540 g/mol. The molecule has 0 bridgehead atoms. The molecule has 0 N–H and O–H groups in total. The van der Waals surface area contributed by atoms with Crippen LogP contribution in [-0.4, -0.2) is 0 Å². The van der Waals surface area contributed by atoms with Crippen molar-refractivity contribution in [1.29, 1.82) is 0 Å². The van der Waals surface area contributed by atoms with Gasteiger partial charge in [0, 0.05) is 4.47 Å². The molecule has 0 nitrogen and oxygen atoms in total. The van der Waals surface area contributed by atoms with E-state index in [-0.39, 0.29) is 0 Å². The van der Waals surface area contributed by atoms with E-state index in [1.165, 1.54) is 252 Å². The van der Waals surface area contributed by atoms with Gasteiger partial charge in [0.2, 0.25) is 0 Å². The van der Waals surface area contributed by atoms with E-state index in [1.54, 1.807) is 0 Å². The summed E-state index contributed by atoms with van der Waals surface area (Å²) in [5.74, 6) is 0. The minimum atomic E-state index is 1.14. The fourth-order valence-electron chi connectivity index (χ4n) is 20.8. The molecular formula is C116H69Br. The Morgan fingerprint density at radius 1 is 0.111 bits per heavy atom. The van der Waals surface area contributed by atoms with Gasteiger partial charge in [-0.25, -0.2) is 0 Å². The largest absolute Gasteiger partial charge is 0.0622 e. The zero-order valence-electron chi connectivity index (χ0n) is 63.7. The first kappa shape index (κ1) is 67.0.